The summed E-state index contributed by atoms with van der Waals surface area (Å²) in [6.45, 7) is 7.10. The molecule has 0 bridgehead atoms. The summed E-state index contributed by atoms with van der Waals surface area (Å²) in [5.74, 6) is 0.127. The van der Waals surface area contributed by atoms with Crippen LogP contribution in [0.1, 0.15) is 24.0 Å². The van der Waals surface area contributed by atoms with Crippen molar-refractivity contribution in [2.45, 2.75) is 25.9 Å². The van der Waals surface area contributed by atoms with Gasteiger partial charge in [-0.15, -0.1) is 37.2 Å². The van der Waals surface area contributed by atoms with Gasteiger partial charge in [-0.05, 0) is 38.2 Å². The second-order valence-electron chi connectivity index (χ2n) is 6.38. The number of piperazine rings is 1. The number of halogens is 3. The number of benzene rings is 1. The Labute approximate surface area is 176 Å². The van der Waals surface area contributed by atoms with Crippen LogP contribution in [0.25, 0.3) is 0 Å². The minimum atomic E-state index is 0. The van der Waals surface area contributed by atoms with E-state index >= 15 is 0 Å². The molecule has 0 spiro atoms. The van der Waals surface area contributed by atoms with Gasteiger partial charge < -0.3 is 15.5 Å². The van der Waals surface area contributed by atoms with Crippen LogP contribution < -0.4 is 10.6 Å². The number of carbonyl (C=O) groups excluding carboxylic acids is 1. The van der Waals surface area contributed by atoms with Gasteiger partial charge in [0.1, 0.15) is 0 Å². The Morgan fingerprint density at radius 1 is 1.00 bits per heavy atom. The van der Waals surface area contributed by atoms with Crippen molar-refractivity contribution < 1.29 is 4.79 Å². The largest absolute Gasteiger partial charge is 0.352 e. The molecule has 0 aromatic heterocycles. The Morgan fingerprint density at radius 2 is 1.58 bits per heavy atom. The molecule has 0 aliphatic carbocycles. The molecule has 1 fully saturated rings. The SMILES string of the molecule is CNCCCC(=O)NCc1ccc(CN2CCN(C)CC2)cc1.Cl.Cl.Cl. The molecule has 0 saturated carbocycles. The zero-order valence-corrected chi connectivity index (χ0v) is 18.2. The molecule has 2 N–H and O–H groups in total. The smallest absolute Gasteiger partial charge is 0.220 e. The Morgan fingerprint density at radius 3 is 2.15 bits per heavy atom. The number of carbonyl (C=O) groups is 1. The minimum absolute atomic E-state index is 0. The van der Waals surface area contributed by atoms with Crippen LogP contribution in [-0.2, 0) is 17.9 Å². The molecule has 1 saturated heterocycles. The van der Waals surface area contributed by atoms with Crippen molar-refractivity contribution >= 4 is 43.1 Å². The van der Waals surface area contributed by atoms with Gasteiger partial charge in [-0.25, -0.2) is 0 Å². The number of amides is 1. The molecule has 1 aliphatic heterocycles. The zero-order valence-electron chi connectivity index (χ0n) is 15.7. The third-order valence-corrected chi connectivity index (χ3v) is 4.35. The van der Waals surface area contributed by atoms with Gasteiger partial charge in [-0.2, -0.15) is 0 Å². The van der Waals surface area contributed by atoms with Crippen molar-refractivity contribution in [1.29, 1.82) is 0 Å². The summed E-state index contributed by atoms with van der Waals surface area (Å²) in [5.41, 5.74) is 2.51. The third-order valence-electron chi connectivity index (χ3n) is 4.35. The molecule has 1 aliphatic rings. The van der Waals surface area contributed by atoms with Crippen LogP contribution in [0.2, 0.25) is 0 Å². The van der Waals surface area contributed by atoms with Crippen molar-refractivity contribution in [3.63, 3.8) is 0 Å². The molecule has 1 aromatic rings. The summed E-state index contributed by atoms with van der Waals surface area (Å²) in [5, 5.41) is 6.03. The number of hydrogen-bond donors (Lipinski definition) is 2. The van der Waals surface area contributed by atoms with Gasteiger partial charge in [0.25, 0.3) is 0 Å². The van der Waals surface area contributed by atoms with Crippen molar-refractivity contribution in [2.24, 2.45) is 0 Å². The highest BCUT2D eigenvalue weighted by Crippen LogP contribution is 2.09. The summed E-state index contributed by atoms with van der Waals surface area (Å²) >= 11 is 0. The van der Waals surface area contributed by atoms with E-state index in [4.69, 9.17) is 0 Å². The van der Waals surface area contributed by atoms with Gasteiger partial charge in [-0.1, -0.05) is 24.3 Å². The van der Waals surface area contributed by atoms with Gasteiger partial charge in [-0.3, -0.25) is 9.69 Å². The van der Waals surface area contributed by atoms with E-state index in [9.17, 15) is 4.79 Å². The minimum Gasteiger partial charge on any atom is -0.352 e. The molecular weight excluding hydrogens is 395 g/mol. The Balaban J connectivity index is 0. The number of likely N-dealkylation sites (N-methyl/N-ethyl adjacent to an activating group) is 1. The lowest BCUT2D eigenvalue weighted by molar-refractivity contribution is -0.121. The molecule has 1 amide bonds. The summed E-state index contributed by atoms with van der Waals surface area (Å²) in [7, 11) is 4.08. The normalized spacial score (nSPS) is 14.5. The standard InChI is InChI=1S/C18H30N4O.3ClH/c1-19-9-3-4-18(23)20-14-16-5-7-17(8-6-16)15-22-12-10-21(2)11-13-22;;;/h5-8,19H,3-4,9-15H2,1-2H3,(H,20,23);3*1H. The maximum Gasteiger partial charge on any atom is 0.220 e. The third kappa shape index (κ3) is 10.6. The average Bonchev–Trinajstić information content (AvgIpc) is 2.57. The predicted octanol–water partition coefficient (Wildman–Crippen LogP) is 2.32. The molecule has 26 heavy (non-hydrogen) atoms. The number of nitrogens with zero attached hydrogens (tertiary/aromatic N) is 2. The Bertz CT molecular complexity index is 480. The van der Waals surface area contributed by atoms with E-state index in [0.29, 0.717) is 13.0 Å². The van der Waals surface area contributed by atoms with Crippen molar-refractivity contribution in [2.75, 3.05) is 46.8 Å². The fourth-order valence-electron chi connectivity index (χ4n) is 2.74. The van der Waals surface area contributed by atoms with E-state index in [1.54, 1.807) is 0 Å². The molecule has 8 heteroatoms. The lowest BCUT2D eigenvalue weighted by Crippen LogP contribution is -2.43. The monoisotopic (exact) mass is 426 g/mol. The highest BCUT2D eigenvalue weighted by Gasteiger charge is 2.13. The number of nitrogens with one attached hydrogen (secondary N) is 2. The van der Waals surface area contributed by atoms with Crippen LogP contribution in [0, 0.1) is 0 Å². The Kier molecular flexibility index (Phi) is 16.5. The molecule has 1 heterocycles. The molecule has 5 nitrogen and oxygen atoms in total. The van der Waals surface area contributed by atoms with Crippen molar-refractivity contribution in [3.8, 4) is 0 Å². The van der Waals surface area contributed by atoms with Gasteiger partial charge in [0.15, 0.2) is 0 Å². The highest BCUT2D eigenvalue weighted by molar-refractivity contribution is 5.86. The summed E-state index contributed by atoms with van der Waals surface area (Å²) in [4.78, 5) is 16.6. The van der Waals surface area contributed by atoms with Gasteiger partial charge >= 0.3 is 0 Å². The first kappa shape index (κ1) is 27.7. The van der Waals surface area contributed by atoms with E-state index in [0.717, 1.165) is 51.3 Å². The van der Waals surface area contributed by atoms with Crippen LogP contribution in [0.15, 0.2) is 24.3 Å². The Hall–Kier alpha value is -0.560. The maximum absolute atomic E-state index is 11.7. The van der Waals surface area contributed by atoms with Crippen LogP contribution in [0.3, 0.4) is 0 Å². The number of hydrogen-bond acceptors (Lipinski definition) is 4. The van der Waals surface area contributed by atoms with Crippen molar-refractivity contribution in [1.82, 2.24) is 20.4 Å². The molecule has 0 radical (unpaired) electrons. The molecule has 1 aromatic carbocycles. The fraction of sp³-hybridized carbons (Fsp3) is 0.611. The van der Waals surface area contributed by atoms with E-state index in [-0.39, 0.29) is 43.1 Å². The second kappa shape index (κ2) is 15.5. The topological polar surface area (TPSA) is 47.6 Å². The summed E-state index contributed by atoms with van der Waals surface area (Å²) in [6, 6.07) is 8.61. The lowest BCUT2D eigenvalue weighted by Gasteiger charge is -2.32. The van der Waals surface area contributed by atoms with Gasteiger partial charge in [0.05, 0.1) is 0 Å². The lowest BCUT2D eigenvalue weighted by atomic mass is 10.1. The quantitative estimate of drug-likeness (QED) is 0.625. The first-order valence-electron chi connectivity index (χ1n) is 8.57. The maximum atomic E-state index is 11.7. The average molecular weight is 428 g/mol. The van der Waals surface area contributed by atoms with E-state index < -0.39 is 0 Å². The van der Waals surface area contributed by atoms with Crippen LogP contribution >= 0.6 is 37.2 Å². The summed E-state index contributed by atoms with van der Waals surface area (Å²) in [6.07, 6.45) is 1.47. The van der Waals surface area contributed by atoms with E-state index in [1.165, 1.54) is 5.56 Å². The molecule has 152 valence electrons. The second-order valence-corrected chi connectivity index (χ2v) is 6.38. The van der Waals surface area contributed by atoms with E-state index in [1.807, 2.05) is 7.05 Å². The molecule has 0 unspecified atom stereocenters. The fourth-order valence-corrected chi connectivity index (χ4v) is 2.74. The van der Waals surface area contributed by atoms with Gasteiger partial charge in [0, 0.05) is 45.7 Å². The zero-order chi connectivity index (χ0) is 16.5. The highest BCUT2D eigenvalue weighted by atomic mass is 35.5. The number of rotatable bonds is 8. The summed E-state index contributed by atoms with van der Waals surface area (Å²) < 4.78 is 0. The van der Waals surface area contributed by atoms with Crippen LogP contribution in [-0.4, -0.2) is 62.5 Å². The van der Waals surface area contributed by atoms with E-state index in [2.05, 4.69) is 51.7 Å². The molecule has 0 atom stereocenters. The molecular formula is C18H33Cl3N4O. The van der Waals surface area contributed by atoms with Crippen molar-refractivity contribution in [3.05, 3.63) is 35.4 Å². The van der Waals surface area contributed by atoms with Crippen LogP contribution in [0.5, 0.6) is 0 Å². The first-order chi connectivity index (χ1) is 11.2. The van der Waals surface area contributed by atoms with Crippen LogP contribution in [0.4, 0.5) is 0 Å². The van der Waals surface area contributed by atoms with Gasteiger partial charge in [0.2, 0.25) is 5.91 Å². The first-order valence-corrected chi connectivity index (χ1v) is 8.57. The molecule has 2 rings (SSSR count). The predicted molar refractivity (Wildman–Crippen MR) is 116 cm³/mol.